The van der Waals surface area contributed by atoms with Gasteiger partial charge < -0.3 is 15.0 Å². The number of hydrogen-bond acceptors (Lipinski definition) is 2. The zero-order valence-electron chi connectivity index (χ0n) is 8.49. The van der Waals surface area contributed by atoms with Crippen molar-refractivity contribution in [3.8, 4) is 5.75 Å². The first-order valence-electron chi connectivity index (χ1n) is 4.97. The Hall–Kier alpha value is -1.90. The minimum atomic E-state index is 0.311. The van der Waals surface area contributed by atoms with Crippen LogP contribution in [-0.2, 0) is 0 Å². The Labute approximate surface area is 87.0 Å². The van der Waals surface area contributed by atoms with E-state index in [1.807, 2.05) is 19.2 Å². The van der Waals surface area contributed by atoms with E-state index in [2.05, 4.69) is 22.2 Å². The fourth-order valence-corrected chi connectivity index (χ4v) is 2.07. The summed E-state index contributed by atoms with van der Waals surface area (Å²) in [5.74, 6) is 0.311. The van der Waals surface area contributed by atoms with Gasteiger partial charge in [-0.2, -0.15) is 0 Å². The number of phenolic OH excluding ortho intramolecular Hbond substituents is 1. The first kappa shape index (κ1) is 8.41. The van der Waals surface area contributed by atoms with Crippen molar-refractivity contribution in [2.75, 3.05) is 13.6 Å². The van der Waals surface area contributed by atoms with E-state index in [4.69, 9.17) is 0 Å². The summed E-state index contributed by atoms with van der Waals surface area (Å²) in [6, 6.07) is 5.60. The summed E-state index contributed by atoms with van der Waals surface area (Å²) in [4.78, 5) is 5.34. The van der Waals surface area contributed by atoms with Crippen molar-refractivity contribution >= 4 is 23.2 Å². The van der Waals surface area contributed by atoms with Gasteiger partial charge in [-0.15, -0.1) is 0 Å². The molecule has 3 heteroatoms. The zero-order valence-corrected chi connectivity index (χ0v) is 8.49. The number of rotatable bonds is 0. The van der Waals surface area contributed by atoms with Crippen LogP contribution < -0.4 is 10.6 Å². The molecular weight excluding hydrogens is 188 g/mol. The number of H-pyrrole nitrogens is 1. The van der Waals surface area contributed by atoms with Crippen LogP contribution >= 0.6 is 0 Å². The maximum Gasteiger partial charge on any atom is 0.139 e. The van der Waals surface area contributed by atoms with Gasteiger partial charge >= 0.3 is 0 Å². The Balaban J connectivity index is 2.53. The number of nitrogens with zero attached hydrogens (tertiary/aromatic N) is 1. The molecule has 1 aliphatic rings. The summed E-state index contributed by atoms with van der Waals surface area (Å²) in [6.07, 6.45) is 4.24. The van der Waals surface area contributed by atoms with E-state index >= 15 is 0 Å². The van der Waals surface area contributed by atoms with E-state index in [-0.39, 0.29) is 0 Å². The summed E-state index contributed by atoms with van der Waals surface area (Å²) in [6.45, 7) is 0.912. The average Bonchev–Trinajstić information content (AvgIpc) is 2.57. The molecular formula is C12H12N2O. The van der Waals surface area contributed by atoms with E-state index in [9.17, 15) is 5.11 Å². The Morgan fingerprint density at radius 1 is 1.40 bits per heavy atom. The van der Waals surface area contributed by atoms with E-state index in [1.165, 1.54) is 5.22 Å². The second-order valence-corrected chi connectivity index (χ2v) is 3.92. The SMILES string of the molecule is CN1C=c2[nH]c3c(O)cccc3c2=CC1. The second-order valence-electron chi connectivity index (χ2n) is 3.92. The number of phenols is 1. The van der Waals surface area contributed by atoms with E-state index in [1.54, 1.807) is 6.07 Å². The summed E-state index contributed by atoms with van der Waals surface area (Å²) >= 11 is 0. The Morgan fingerprint density at radius 2 is 2.27 bits per heavy atom. The molecule has 2 heterocycles. The van der Waals surface area contributed by atoms with Gasteiger partial charge in [0.05, 0.1) is 10.9 Å². The maximum atomic E-state index is 9.71. The molecule has 2 N–H and O–H groups in total. The molecule has 1 aliphatic heterocycles. The second kappa shape index (κ2) is 2.79. The van der Waals surface area contributed by atoms with Crippen LogP contribution in [0.25, 0.3) is 23.2 Å². The minimum Gasteiger partial charge on any atom is -0.506 e. The maximum absolute atomic E-state index is 9.71. The summed E-state index contributed by atoms with van der Waals surface area (Å²) in [5, 5.41) is 13.1. The Morgan fingerprint density at radius 3 is 3.13 bits per heavy atom. The standard InChI is InChI=1S/C12H12N2O/c1-14-6-5-8-9-3-2-4-11(15)12(9)13-10(8)7-14/h2-5,7,13,15H,6H2,1H3. The van der Waals surface area contributed by atoms with Crippen molar-refractivity contribution in [1.29, 1.82) is 0 Å². The first-order valence-corrected chi connectivity index (χ1v) is 4.97. The highest BCUT2D eigenvalue weighted by Gasteiger charge is 2.07. The smallest absolute Gasteiger partial charge is 0.139 e. The predicted molar refractivity (Wildman–Crippen MR) is 60.8 cm³/mol. The van der Waals surface area contributed by atoms with E-state index in [0.717, 1.165) is 22.8 Å². The van der Waals surface area contributed by atoms with Gasteiger partial charge in [0.2, 0.25) is 0 Å². The van der Waals surface area contributed by atoms with Crippen LogP contribution in [0.4, 0.5) is 0 Å². The summed E-state index contributed by atoms with van der Waals surface area (Å²) in [7, 11) is 2.03. The number of fused-ring (bicyclic) bond motifs is 3. The number of aromatic amines is 1. The van der Waals surface area contributed by atoms with Crippen LogP contribution in [0.3, 0.4) is 0 Å². The van der Waals surface area contributed by atoms with Gasteiger partial charge in [0, 0.05) is 30.4 Å². The normalized spacial score (nSPS) is 14.6. The van der Waals surface area contributed by atoms with Crippen molar-refractivity contribution in [3.05, 3.63) is 28.8 Å². The van der Waals surface area contributed by atoms with Crippen molar-refractivity contribution in [2.45, 2.75) is 0 Å². The number of nitrogens with one attached hydrogen (secondary N) is 1. The summed E-state index contributed by atoms with van der Waals surface area (Å²) in [5.41, 5.74) is 0.824. The highest BCUT2D eigenvalue weighted by atomic mass is 16.3. The molecule has 3 rings (SSSR count). The molecule has 0 aliphatic carbocycles. The molecule has 76 valence electrons. The number of aromatic hydroxyl groups is 1. The first-order chi connectivity index (χ1) is 7.25. The van der Waals surface area contributed by atoms with Gasteiger partial charge in [-0.3, -0.25) is 0 Å². The molecule has 0 fully saturated rings. The molecule has 2 aromatic rings. The third kappa shape index (κ3) is 1.13. The van der Waals surface area contributed by atoms with Crippen molar-refractivity contribution in [1.82, 2.24) is 9.88 Å². The molecule has 1 aromatic carbocycles. The molecule has 0 radical (unpaired) electrons. The average molecular weight is 200 g/mol. The quantitative estimate of drug-likeness (QED) is 0.643. The molecule has 0 unspecified atom stereocenters. The number of hydrogen-bond donors (Lipinski definition) is 2. The number of para-hydroxylation sites is 1. The van der Waals surface area contributed by atoms with Crippen LogP contribution in [0, 0.1) is 0 Å². The summed E-state index contributed by atoms with van der Waals surface area (Å²) < 4.78 is 0. The molecule has 0 atom stereocenters. The monoisotopic (exact) mass is 200 g/mol. The topological polar surface area (TPSA) is 39.3 Å². The zero-order chi connectivity index (χ0) is 10.4. The van der Waals surface area contributed by atoms with Gasteiger partial charge in [-0.1, -0.05) is 18.2 Å². The van der Waals surface area contributed by atoms with E-state index < -0.39 is 0 Å². The van der Waals surface area contributed by atoms with Crippen LogP contribution in [0.5, 0.6) is 5.75 Å². The lowest BCUT2D eigenvalue weighted by atomic mass is 10.2. The molecule has 0 spiro atoms. The third-order valence-electron chi connectivity index (χ3n) is 2.82. The predicted octanol–water partition coefficient (Wildman–Crippen LogP) is 0.337. The van der Waals surface area contributed by atoms with Crippen LogP contribution in [-0.4, -0.2) is 28.6 Å². The van der Waals surface area contributed by atoms with Gasteiger partial charge in [-0.05, 0) is 6.07 Å². The van der Waals surface area contributed by atoms with Crippen molar-refractivity contribution in [3.63, 3.8) is 0 Å². The lowest BCUT2D eigenvalue weighted by Crippen LogP contribution is -2.32. The number of benzene rings is 1. The highest BCUT2D eigenvalue weighted by molar-refractivity contribution is 5.86. The minimum absolute atomic E-state index is 0.311. The highest BCUT2D eigenvalue weighted by Crippen LogP contribution is 2.18. The van der Waals surface area contributed by atoms with E-state index in [0.29, 0.717) is 5.75 Å². The molecule has 0 amide bonds. The van der Waals surface area contributed by atoms with Gasteiger partial charge in [-0.25, -0.2) is 0 Å². The lowest BCUT2D eigenvalue weighted by Gasteiger charge is -2.12. The van der Waals surface area contributed by atoms with Gasteiger partial charge in [0.15, 0.2) is 0 Å². The van der Waals surface area contributed by atoms with Crippen LogP contribution in [0.2, 0.25) is 0 Å². The van der Waals surface area contributed by atoms with Gasteiger partial charge in [0.1, 0.15) is 5.75 Å². The van der Waals surface area contributed by atoms with Crippen LogP contribution in [0.15, 0.2) is 18.2 Å². The van der Waals surface area contributed by atoms with Crippen molar-refractivity contribution < 1.29 is 5.11 Å². The van der Waals surface area contributed by atoms with Crippen LogP contribution in [0.1, 0.15) is 0 Å². The molecule has 15 heavy (non-hydrogen) atoms. The Bertz CT molecular complexity index is 639. The molecule has 1 aromatic heterocycles. The molecule has 3 nitrogen and oxygen atoms in total. The van der Waals surface area contributed by atoms with Crippen molar-refractivity contribution in [2.24, 2.45) is 0 Å². The molecule has 0 bridgehead atoms. The fourth-order valence-electron chi connectivity index (χ4n) is 2.07. The number of aromatic nitrogens is 1. The fraction of sp³-hybridized carbons (Fsp3) is 0.167. The van der Waals surface area contributed by atoms with Gasteiger partial charge in [0.25, 0.3) is 0 Å². The molecule has 0 saturated heterocycles. The molecule has 0 saturated carbocycles. The lowest BCUT2D eigenvalue weighted by molar-refractivity contribution is 0.480. The largest absolute Gasteiger partial charge is 0.506 e. The Kier molecular flexibility index (Phi) is 1.57. The third-order valence-corrected chi connectivity index (χ3v) is 2.82.